The topological polar surface area (TPSA) is 241 Å². The van der Waals surface area contributed by atoms with Gasteiger partial charge in [-0.1, -0.05) is 70.2 Å². The number of carboxylic acid groups (broad SMARTS) is 1. The van der Waals surface area contributed by atoms with Crippen LogP contribution in [0.5, 0.6) is 5.75 Å². The summed E-state index contributed by atoms with van der Waals surface area (Å²) in [5.41, 5.74) is 7.04. The molecule has 2 aliphatic rings. The first-order valence-electron chi connectivity index (χ1n) is 20.1. The molecule has 16 nitrogen and oxygen atoms in total. The third-order valence-corrected chi connectivity index (χ3v) is 10.5. The van der Waals surface area contributed by atoms with E-state index in [9.17, 15) is 43.8 Å². The molecule has 58 heavy (non-hydrogen) atoms. The maximum atomic E-state index is 14.4. The second-order valence-electron chi connectivity index (χ2n) is 16.1. The number of phenolic OH excluding ortho intramolecular Hbond substituents is 1. The van der Waals surface area contributed by atoms with Crippen LogP contribution in [0.1, 0.15) is 77.8 Å². The number of rotatable bonds is 18. The van der Waals surface area contributed by atoms with E-state index in [0.717, 1.165) is 0 Å². The number of nitrogens with one attached hydrogen (secondary N) is 4. The average Bonchev–Trinajstić information content (AvgIpc) is 3.88. The lowest BCUT2D eigenvalue weighted by Crippen LogP contribution is -2.60. The van der Waals surface area contributed by atoms with Gasteiger partial charge >= 0.3 is 5.97 Å². The van der Waals surface area contributed by atoms with Crippen molar-refractivity contribution in [3.63, 3.8) is 0 Å². The van der Waals surface area contributed by atoms with E-state index in [-0.39, 0.29) is 49.9 Å². The first kappa shape index (κ1) is 45.2. The van der Waals surface area contributed by atoms with Crippen molar-refractivity contribution in [1.29, 1.82) is 0 Å². The number of carbonyl (C=O) groups excluding carboxylic acids is 6. The van der Waals surface area contributed by atoms with Crippen molar-refractivity contribution in [2.45, 2.75) is 122 Å². The van der Waals surface area contributed by atoms with Gasteiger partial charge in [-0.25, -0.2) is 4.79 Å². The lowest BCUT2D eigenvalue weighted by atomic mass is 9.99. The molecule has 316 valence electrons. The van der Waals surface area contributed by atoms with Crippen molar-refractivity contribution in [2.24, 2.45) is 17.6 Å². The zero-order valence-electron chi connectivity index (χ0n) is 34.0. The van der Waals surface area contributed by atoms with Gasteiger partial charge in [0, 0.05) is 25.9 Å². The first-order valence-corrected chi connectivity index (χ1v) is 20.1. The van der Waals surface area contributed by atoms with Crippen LogP contribution in [0, 0.1) is 11.8 Å². The number of likely N-dealkylation sites (tertiary alicyclic amines) is 2. The molecule has 8 N–H and O–H groups in total. The highest BCUT2D eigenvalue weighted by Crippen LogP contribution is 2.23. The SMILES string of the molecule is CC(C)C[C@H](NC(=O)[C@H](Cc1ccc(O)cc1)NC(=O)[C@H](Cc1ccccc1)NC(=O)[C@@H]1CCCN1C(=O)[C@@H](NC(=O)[C@H](C)N)C(C)C)C(=O)N1CCC[C@H]1C(=O)O. The number of carboxylic acids is 1. The molecule has 0 spiro atoms. The lowest BCUT2D eigenvalue weighted by Gasteiger charge is -2.32. The Balaban J connectivity index is 1.61. The van der Waals surface area contributed by atoms with Crippen LogP contribution in [-0.2, 0) is 46.4 Å². The van der Waals surface area contributed by atoms with Crippen molar-refractivity contribution in [3.05, 3.63) is 65.7 Å². The van der Waals surface area contributed by atoms with E-state index in [4.69, 9.17) is 5.73 Å². The Morgan fingerprint density at radius 3 is 1.72 bits per heavy atom. The van der Waals surface area contributed by atoms with Crippen LogP contribution in [0.25, 0.3) is 0 Å². The summed E-state index contributed by atoms with van der Waals surface area (Å²) in [5, 5.41) is 30.8. The zero-order valence-corrected chi connectivity index (χ0v) is 34.0. The second kappa shape index (κ2) is 20.8. The lowest BCUT2D eigenvalue weighted by molar-refractivity contribution is -0.149. The van der Waals surface area contributed by atoms with Gasteiger partial charge in [-0.2, -0.15) is 0 Å². The fraction of sp³-hybridized carbons (Fsp3) is 0.548. The van der Waals surface area contributed by atoms with Gasteiger partial charge in [0.1, 0.15) is 42.0 Å². The van der Waals surface area contributed by atoms with Gasteiger partial charge in [-0.15, -0.1) is 0 Å². The Kier molecular flexibility index (Phi) is 16.2. The molecular formula is C42H59N7O9. The van der Waals surface area contributed by atoms with Gasteiger partial charge in [0.15, 0.2) is 0 Å². The summed E-state index contributed by atoms with van der Waals surface area (Å²) in [6, 6.07) is 7.74. The number of nitrogens with two attached hydrogens (primary N) is 1. The Hall–Kier alpha value is -5.51. The van der Waals surface area contributed by atoms with Crippen LogP contribution in [0.2, 0.25) is 0 Å². The normalized spacial score (nSPS) is 19.2. The highest BCUT2D eigenvalue weighted by Gasteiger charge is 2.41. The van der Waals surface area contributed by atoms with Crippen LogP contribution in [-0.4, -0.2) is 117 Å². The Labute approximate surface area is 339 Å². The number of benzene rings is 2. The fourth-order valence-corrected chi connectivity index (χ4v) is 7.41. The maximum Gasteiger partial charge on any atom is 0.326 e. The molecule has 7 atom stereocenters. The largest absolute Gasteiger partial charge is 0.508 e. The molecule has 0 bridgehead atoms. The molecule has 4 rings (SSSR count). The molecule has 2 aromatic carbocycles. The number of amides is 6. The first-order chi connectivity index (χ1) is 27.5. The molecule has 2 saturated heterocycles. The van der Waals surface area contributed by atoms with E-state index < -0.39 is 83.7 Å². The minimum atomic E-state index is -1.27. The van der Waals surface area contributed by atoms with E-state index in [0.29, 0.717) is 36.8 Å². The number of phenols is 1. The zero-order chi connectivity index (χ0) is 42.7. The smallest absolute Gasteiger partial charge is 0.326 e. The number of aliphatic carboxylic acids is 1. The van der Waals surface area contributed by atoms with Crippen LogP contribution < -0.4 is 27.0 Å². The van der Waals surface area contributed by atoms with Crippen LogP contribution in [0.4, 0.5) is 0 Å². The van der Waals surface area contributed by atoms with Gasteiger partial charge in [-0.3, -0.25) is 28.8 Å². The molecule has 0 aromatic heterocycles. The van der Waals surface area contributed by atoms with Crippen molar-refractivity contribution in [3.8, 4) is 5.75 Å². The van der Waals surface area contributed by atoms with E-state index in [1.165, 1.54) is 28.9 Å². The molecule has 6 amide bonds. The minimum Gasteiger partial charge on any atom is -0.508 e. The molecule has 0 radical (unpaired) electrons. The third-order valence-electron chi connectivity index (χ3n) is 10.5. The Bertz CT molecular complexity index is 1770. The van der Waals surface area contributed by atoms with E-state index >= 15 is 0 Å². The van der Waals surface area contributed by atoms with Gasteiger partial charge in [-0.05, 0) is 74.1 Å². The van der Waals surface area contributed by atoms with Crippen LogP contribution in [0.15, 0.2) is 54.6 Å². The third kappa shape index (κ3) is 12.2. The van der Waals surface area contributed by atoms with Crippen LogP contribution >= 0.6 is 0 Å². The van der Waals surface area contributed by atoms with Crippen molar-refractivity contribution in [2.75, 3.05) is 13.1 Å². The van der Waals surface area contributed by atoms with E-state index in [1.807, 2.05) is 19.9 Å². The molecule has 0 saturated carbocycles. The highest BCUT2D eigenvalue weighted by atomic mass is 16.4. The summed E-state index contributed by atoms with van der Waals surface area (Å²) in [7, 11) is 0. The predicted molar refractivity (Wildman–Crippen MR) is 215 cm³/mol. The Morgan fingerprint density at radius 1 is 0.672 bits per heavy atom. The fourth-order valence-electron chi connectivity index (χ4n) is 7.41. The average molecular weight is 806 g/mol. The molecule has 0 aliphatic carbocycles. The minimum absolute atomic E-state index is 0.00362. The summed E-state index contributed by atoms with van der Waals surface area (Å²) in [6.45, 7) is 9.31. The summed E-state index contributed by atoms with van der Waals surface area (Å²) in [6.07, 6.45) is 1.83. The summed E-state index contributed by atoms with van der Waals surface area (Å²) < 4.78 is 0. The molecule has 16 heteroatoms. The standard InChI is InChI=1S/C42H59N7O9/c1-24(2)21-32(40(55)49-20-10-14-34(49)42(57)58)46-38(53)30(23-28-15-17-29(50)18-16-28)44-37(52)31(22-27-11-7-6-8-12-27)45-39(54)33-13-9-19-48(33)41(56)35(25(3)4)47-36(51)26(5)43/h6-8,11-12,15-18,24-26,30-35,50H,9-10,13-14,19-23,43H2,1-5H3,(H,44,52)(H,45,54)(H,46,53)(H,47,51)(H,57,58)/t26-,30-,31-,32-,33-,34-,35-/m0/s1. The van der Waals surface area contributed by atoms with Gasteiger partial charge in [0.25, 0.3) is 0 Å². The molecular weight excluding hydrogens is 747 g/mol. The van der Waals surface area contributed by atoms with E-state index in [2.05, 4.69) is 21.3 Å². The molecule has 2 aliphatic heterocycles. The Morgan fingerprint density at radius 2 is 1.19 bits per heavy atom. The number of carbonyl (C=O) groups is 7. The summed E-state index contributed by atoms with van der Waals surface area (Å²) in [4.78, 5) is 97.4. The summed E-state index contributed by atoms with van der Waals surface area (Å²) in [5.74, 6) is -4.94. The van der Waals surface area contributed by atoms with Crippen molar-refractivity contribution >= 4 is 41.4 Å². The number of hydrogen-bond donors (Lipinski definition) is 7. The van der Waals surface area contributed by atoms with Crippen molar-refractivity contribution < 1.29 is 43.8 Å². The van der Waals surface area contributed by atoms with Gasteiger partial charge < -0.3 is 47.0 Å². The highest BCUT2D eigenvalue weighted by molar-refractivity contribution is 5.97. The molecule has 2 heterocycles. The number of hydrogen-bond acceptors (Lipinski definition) is 9. The second-order valence-corrected chi connectivity index (χ2v) is 16.1. The summed E-state index contributed by atoms with van der Waals surface area (Å²) >= 11 is 0. The number of aromatic hydroxyl groups is 1. The quantitative estimate of drug-likeness (QED) is 0.114. The molecule has 0 unspecified atom stereocenters. The predicted octanol–water partition coefficient (Wildman–Crippen LogP) is 1.23. The van der Waals surface area contributed by atoms with Gasteiger partial charge in [0.2, 0.25) is 35.4 Å². The number of nitrogens with zero attached hydrogens (tertiary/aromatic N) is 2. The van der Waals surface area contributed by atoms with Crippen LogP contribution in [0.3, 0.4) is 0 Å². The maximum absolute atomic E-state index is 14.4. The molecule has 2 fully saturated rings. The van der Waals surface area contributed by atoms with Gasteiger partial charge in [0.05, 0.1) is 6.04 Å². The molecule has 2 aromatic rings. The monoisotopic (exact) mass is 805 g/mol. The van der Waals surface area contributed by atoms with E-state index in [1.54, 1.807) is 50.2 Å². The van der Waals surface area contributed by atoms with Crippen molar-refractivity contribution in [1.82, 2.24) is 31.1 Å².